The van der Waals surface area contributed by atoms with Crippen LogP contribution in [0.4, 0.5) is 0 Å². The normalized spacial score (nSPS) is 12.5. The van der Waals surface area contributed by atoms with Gasteiger partial charge in [-0.1, -0.05) is 37.0 Å². The summed E-state index contributed by atoms with van der Waals surface area (Å²) in [6, 6.07) is 15.1. The lowest BCUT2D eigenvalue weighted by molar-refractivity contribution is 0.0723. The Morgan fingerprint density at radius 3 is 2.73 bits per heavy atom. The fourth-order valence-corrected chi connectivity index (χ4v) is 3.54. The molecule has 0 saturated carbocycles. The molecule has 3 N–H and O–H groups in total. The van der Waals surface area contributed by atoms with Crippen molar-refractivity contribution >= 4 is 16.8 Å². The number of aliphatic hydroxyl groups is 1. The molecule has 1 aromatic heterocycles. The zero-order valence-electron chi connectivity index (χ0n) is 19.2. The summed E-state index contributed by atoms with van der Waals surface area (Å²) in [5.41, 5.74) is 2.89. The highest BCUT2D eigenvalue weighted by Crippen LogP contribution is 2.28. The van der Waals surface area contributed by atoms with Gasteiger partial charge in [0.25, 0.3) is 5.91 Å². The number of ether oxygens (including phenoxy) is 1. The minimum absolute atomic E-state index is 0.116. The highest BCUT2D eigenvalue weighted by molar-refractivity contribution is 5.97. The summed E-state index contributed by atoms with van der Waals surface area (Å²) in [5.74, 6) is 5.74. The molecule has 0 aliphatic rings. The number of nitriles is 1. The molecular weight excluding hydrogens is 414 g/mol. The Morgan fingerprint density at radius 1 is 1.18 bits per heavy atom. The van der Waals surface area contributed by atoms with Crippen molar-refractivity contribution in [1.82, 2.24) is 10.3 Å². The molecule has 0 radical (unpaired) electrons. The largest absolute Gasteiger partial charge is 0.490 e. The smallest absolute Gasteiger partial charge is 0.257 e. The molecule has 0 spiro atoms. The molecule has 170 valence electrons. The van der Waals surface area contributed by atoms with Crippen molar-refractivity contribution in [3.8, 4) is 23.7 Å². The van der Waals surface area contributed by atoms with Gasteiger partial charge in [-0.25, -0.2) is 0 Å². The minimum Gasteiger partial charge on any atom is -0.490 e. The number of carbonyl (C=O) groups excluding carboxylic acids is 1. The lowest BCUT2D eigenvalue weighted by atomic mass is 9.98. The zero-order chi connectivity index (χ0) is 23.8. The number of aliphatic hydroxyl groups excluding tert-OH is 1. The zero-order valence-corrected chi connectivity index (χ0v) is 19.2. The van der Waals surface area contributed by atoms with E-state index < -0.39 is 12.1 Å². The molecule has 0 aliphatic heterocycles. The number of para-hydroxylation sites is 1. The topological polar surface area (TPSA) is 98.1 Å². The van der Waals surface area contributed by atoms with E-state index in [-0.39, 0.29) is 12.0 Å². The number of unbranched alkanes of at least 4 members (excludes halogenated alkanes) is 2. The van der Waals surface area contributed by atoms with E-state index in [4.69, 9.17) is 10.00 Å². The lowest BCUT2D eigenvalue weighted by Crippen LogP contribution is -2.38. The first-order chi connectivity index (χ1) is 15.9. The van der Waals surface area contributed by atoms with Crippen LogP contribution in [0.2, 0.25) is 0 Å². The van der Waals surface area contributed by atoms with E-state index in [0.717, 1.165) is 16.5 Å². The van der Waals surface area contributed by atoms with E-state index in [0.29, 0.717) is 36.1 Å². The second-order valence-corrected chi connectivity index (χ2v) is 8.19. The Morgan fingerprint density at radius 2 is 1.97 bits per heavy atom. The van der Waals surface area contributed by atoms with E-state index in [1.54, 1.807) is 18.2 Å². The van der Waals surface area contributed by atoms with Gasteiger partial charge >= 0.3 is 0 Å². The third-order valence-electron chi connectivity index (χ3n) is 5.27. The molecule has 0 fully saturated rings. The van der Waals surface area contributed by atoms with Crippen LogP contribution in [0.1, 0.15) is 67.4 Å². The molecule has 1 unspecified atom stereocenters. The van der Waals surface area contributed by atoms with Crippen LogP contribution in [0.5, 0.6) is 5.75 Å². The molecule has 0 saturated heterocycles. The lowest BCUT2D eigenvalue weighted by Gasteiger charge is -2.21. The quantitative estimate of drug-likeness (QED) is 0.263. The standard InChI is InChI=1S/C27H29N3O3/c1-18(2)33-25-14-13-20(10-6-4-5-9-15-28)16-22(25)27(32)30-26(31)19(3)23-17-29-24-12-8-7-11-21(23)24/h7-8,11-14,16-19,26,29,31H,4-5,9H2,1-3H3,(H,30,32)/t19-,26?/m1/s1. The van der Waals surface area contributed by atoms with E-state index in [1.807, 2.05) is 51.2 Å². The number of fused-ring (bicyclic) bond motifs is 1. The molecule has 3 aromatic rings. The summed E-state index contributed by atoms with van der Waals surface area (Å²) in [4.78, 5) is 16.3. The number of rotatable bonds is 8. The average Bonchev–Trinajstić information content (AvgIpc) is 3.23. The Balaban J connectivity index is 1.79. The molecule has 33 heavy (non-hydrogen) atoms. The van der Waals surface area contributed by atoms with Gasteiger partial charge in [0.1, 0.15) is 12.0 Å². The van der Waals surface area contributed by atoms with Crippen LogP contribution >= 0.6 is 0 Å². The van der Waals surface area contributed by atoms with Crippen molar-refractivity contribution in [3.05, 3.63) is 65.4 Å². The minimum atomic E-state index is -1.09. The van der Waals surface area contributed by atoms with Gasteiger partial charge in [-0.15, -0.1) is 0 Å². The SMILES string of the molecule is CC(C)Oc1ccc(C#CCCCC#N)cc1C(=O)NC(O)[C@H](C)c1c[nH]c2ccccc12. The molecule has 0 aliphatic carbocycles. The van der Waals surface area contributed by atoms with Crippen LogP contribution in [-0.2, 0) is 0 Å². The Bertz CT molecular complexity index is 1210. The molecule has 1 amide bonds. The number of nitrogens with zero attached hydrogens (tertiary/aromatic N) is 1. The van der Waals surface area contributed by atoms with Crippen LogP contribution in [0.3, 0.4) is 0 Å². The first-order valence-corrected chi connectivity index (χ1v) is 11.1. The highest BCUT2D eigenvalue weighted by atomic mass is 16.5. The number of aromatic amines is 1. The van der Waals surface area contributed by atoms with Crippen molar-refractivity contribution < 1.29 is 14.6 Å². The van der Waals surface area contributed by atoms with Gasteiger partial charge in [0.05, 0.1) is 17.7 Å². The number of hydrogen-bond donors (Lipinski definition) is 3. The summed E-state index contributed by atoms with van der Waals surface area (Å²) >= 11 is 0. The van der Waals surface area contributed by atoms with Crippen molar-refractivity contribution in [2.45, 2.75) is 58.3 Å². The number of amides is 1. The molecule has 0 bridgehead atoms. The summed E-state index contributed by atoms with van der Waals surface area (Å²) in [6.45, 7) is 5.65. The Hall–Kier alpha value is -3.74. The number of aromatic nitrogens is 1. The monoisotopic (exact) mass is 443 g/mol. The predicted molar refractivity (Wildman–Crippen MR) is 129 cm³/mol. The Kier molecular flexibility index (Phi) is 8.13. The molecule has 2 aromatic carbocycles. The van der Waals surface area contributed by atoms with Gasteiger partial charge in [0, 0.05) is 41.4 Å². The van der Waals surface area contributed by atoms with Gasteiger partial charge < -0.3 is 20.1 Å². The van der Waals surface area contributed by atoms with Crippen LogP contribution in [0, 0.1) is 23.2 Å². The second-order valence-electron chi connectivity index (χ2n) is 8.19. The van der Waals surface area contributed by atoms with E-state index >= 15 is 0 Å². The summed E-state index contributed by atoms with van der Waals surface area (Å²) < 4.78 is 5.82. The fraction of sp³-hybridized carbons (Fsp3) is 0.333. The number of hydrogen-bond acceptors (Lipinski definition) is 4. The molecular formula is C27H29N3O3. The second kappa shape index (κ2) is 11.2. The average molecular weight is 444 g/mol. The molecule has 6 heteroatoms. The third kappa shape index (κ3) is 6.16. The number of carbonyl (C=O) groups is 1. The van der Waals surface area contributed by atoms with Crippen molar-refractivity contribution in [2.24, 2.45) is 0 Å². The van der Waals surface area contributed by atoms with Crippen LogP contribution in [0.15, 0.2) is 48.7 Å². The molecule has 2 atom stereocenters. The summed E-state index contributed by atoms with van der Waals surface area (Å²) in [7, 11) is 0. The van der Waals surface area contributed by atoms with Gasteiger partial charge in [0.15, 0.2) is 0 Å². The van der Waals surface area contributed by atoms with Crippen molar-refractivity contribution in [2.75, 3.05) is 0 Å². The Labute approximate surface area is 194 Å². The third-order valence-corrected chi connectivity index (χ3v) is 5.27. The number of benzene rings is 2. The van der Waals surface area contributed by atoms with E-state index in [9.17, 15) is 9.90 Å². The number of nitrogens with one attached hydrogen (secondary N) is 2. The maximum absolute atomic E-state index is 13.1. The van der Waals surface area contributed by atoms with E-state index in [2.05, 4.69) is 28.2 Å². The highest BCUT2D eigenvalue weighted by Gasteiger charge is 2.23. The maximum atomic E-state index is 13.1. The predicted octanol–water partition coefficient (Wildman–Crippen LogP) is 4.85. The first kappa shape index (κ1) is 23.9. The molecule has 1 heterocycles. The van der Waals surface area contributed by atoms with Crippen LogP contribution < -0.4 is 10.1 Å². The van der Waals surface area contributed by atoms with Gasteiger partial charge in [-0.05, 0) is 50.1 Å². The van der Waals surface area contributed by atoms with Crippen LogP contribution in [0.25, 0.3) is 10.9 Å². The summed E-state index contributed by atoms with van der Waals surface area (Å²) in [6.07, 6.45) is 2.44. The van der Waals surface area contributed by atoms with E-state index in [1.165, 1.54) is 0 Å². The van der Waals surface area contributed by atoms with Gasteiger partial charge in [0.2, 0.25) is 0 Å². The first-order valence-electron chi connectivity index (χ1n) is 11.1. The number of H-pyrrole nitrogens is 1. The fourth-order valence-electron chi connectivity index (χ4n) is 3.54. The van der Waals surface area contributed by atoms with Gasteiger partial charge in [-0.3, -0.25) is 4.79 Å². The van der Waals surface area contributed by atoms with Gasteiger partial charge in [-0.2, -0.15) is 5.26 Å². The summed E-state index contributed by atoms with van der Waals surface area (Å²) in [5, 5.41) is 23.2. The van der Waals surface area contributed by atoms with Crippen molar-refractivity contribution in [3.63, 3.8) is 0 Å². The molecule has 6 nitrogen and oxygen atoms in total. The van der Waals surface area contributed by atoms with Crippen molar-refractivity contribution in [1.29, 1.82) is 5.26 Å². The van der Waals surface area contributed by atoms with Crippen LogP contribution in [-0.4, -0.2) is 28.3 Å². The molecule has 3 rings (SSSR count). The maximum Gasteiger partial charge on any atom is 0.257 e.